The van der Waals surface area contributed by atoms with Crippen LogP contribution in [0.25, 0.3) is 65.7 Å². The number of fused-ring (bicyclic) bond motifs is 5. The van der Waals surface area contributed by atoms with E-state index in [4.69, 9.17) is 4.42 Å². The first-order valence-electron chi connectivity index (χ1n) is 15.7. The van der Waals surface area contributed by atoms with Crippen molar-refractivity contribution in [2.24, 2.45) is 0 Å². The fourth-order valence-electron chi connectivity index (χ4n) is 6.72. The van der Waals surface area contributed by atoms with Gasteiger partial charge in [0.05, 0.1) is 5.69 Å². The van der Waals surface area contributed by atoms with Crippen molar-refractivity contribution in [1.29, 1.82) is 0 Å². The molecule has 46 heavy (non-hydrogen) atoms. The Labute approximate surface area is 267 Å². The van der Waals surface area contributed by atoms with Gasteiger partial charge in [-0.3, -0.25) is 0 Å². The van der Waals surface area contributed by atoms with Crippen molar-refractivity contribution < 1.29 is 4.42 Å². The third-order valence-electron chi connectivity index (χ3n) is 9.02. The zero-order valence-electron chi connectivity index (χ0n) is 25.1. The third kappa shape index (κ3) is 4.51. The van der Waals surface area contributed by atoms with Gasteiger partial charge in [-0.05, 0) is 92.8 Å². The van der Waals surface area contributed by atoms with Crippen molar-refractivity contribution in [2.45, 2.75) is 0 Å². The SMILES string of the molecule is c1ccc(-c2ccccc2N(c2ccc(-c3ccc4oc5cc6ccccc6cc5c4c3)cc2)c2ccc3ccccc3c2)cc1. The van der Waals surface area contributed by atoms with E-state index < -0.39 is 0 Å². The quantitative estimate of drug-likeness (QED) is 0.199. The molecule has 0 atom stereocenters. The van der Waals surface area contributed by atoms with Crippen LogP contribution in [0.1, 0.15) is 0 Å². The second-order valence-corrected chi connectivity index (χ2v) is 11.8. The van der Waals surface area contributed by atoms with Crippen LogP contribution in [-0.2, 0) is 0 Å². The van der Waals surface area contributed by atoms with E-state index in [-0.39, 0.29) is 0 Å². The van der Waals surface area contributed by atoms with E-state index in [9.17, 15) is 0 Å². The highest BCUT2D eigenvalue weighted by Crippen LogP contribution is 2.42. The molecule has 216 valence electrons. The van der Waals surface area contributed by atoms with Gasteiger partial charge in [0.15, 0.2) is 0 Å². The van der Waals surface area contributed by atoms with Crippen LogP contribution in [0.2, 0.25) is 0 Å². The Hall–Kier alpha value is -6.12. The number of hydrogen-bond acceptors (Lipinski definition) is 2. The van der Waals surface area contributed by atoms with Gasteiger partial charge < -0.3 is 9.32 Å². The molecule has 0 bridgehead atoms. The fourth-order valence-corrected chi connectivity index (χ4v) is 6.72. The minimum atomic E-state index is 0.908. The molecule has 0 aliphatic heterocycles. The van der Waals surface area contributed by atoms with Crippen LogP contribution in [0.3, 0.4) is 0 Å². The molecule has 0 N–H and O–H groups in total. The number of rotatable bonds is 5. The lowest BCUT2D eigenvalue weighted by Crippen LogP contribution is -2.11. The number of benzene rings is 8. The maximum Gasteiger partial charge on any atom is 0.136 e. The van der Waals surface area contributed by atoms with E-state index in [0.29, 0.717) is 0 Å². The summed E-state index contributed by atoms with van der Waals surface area (Å²) in [5.74, 6) is 0. The summed E-state index contributed by atoms with van der Waals surface area (Å²) in [6.45, 7) is 0. The largest absolute Gasteiger partial charge is 0.456 e. The Morgan fingerprint density at radius 2 is 0.957 bits per heavy atom. The van der Waals surface area contributed by atoms with Gasteiger partial charge in [-0.2, -0.15) is 0 Å². The zero-order valence-corrected chi connectivity index (χ0v) is 25.1. The average molecular weight is 588 g/mol. The molecule has 0 saturated heterocycles. The van der Waals surface area contributed by atoms with E-state index in [1.54, 1.807) is 0 Å². The lowest BCUT2D eigenvalue weighted by molar-refractivity contribution is 0.669. The predicted molar refractivity (Wildman–Crippen MR) is 194 cm³/mol. The molecular formula is C44H29NO. The molecule has 0 aliphatic rings. The van der Waals surface area contributed by atoms with Crippen molar-refractivity contribution in [1.82, 2.24) is 0 Å². The molecule has 0 amide bonds. The van der Waals surface area contributed by atoms with Gasteiger partial charge in [-0.25, -0.2) is 0 Å². The predicted octanol–water partition coefficient (Wildman–Crippen LogP) is 12.7. The number of para-hydroxylation sites is 1. The first kappa shape index (κ1) is 26.3. The lowest BCUT2D eigenvalue weighted by atomic mass is 9.99. The minimum absolute atomic E-state index is 0.908. The molecular weight excluding hydrogens is 558 g/mol. The van der Waals surface area contributed by atoms with Gasteiger partial charge in [0.1, 0.15) is 11.2 Å². The molecule has 0 aliphatic carbocycles. The lowest BCUT2D eigenvalue weighted by Gasteiger charge is -2.28. The van der Waals surface area contributed by atoms with Gasteiger partial charge >= 0.3 is 0 Å². The van der Waals surface area contributed by atoms with Gasteiger partial charge in [-0.15, -0.1) is 0 Å². The number of hydrogen-bond donors (Lipinski definition) is 0. The van der Waals surface area contributed by atoms with Crippen LogP contribution >= 0.6 is 0 Å². The van der Waals surface area contributed by atoms with Gasteiger partial charge in [0, 0.05) is 27.7 Å². The van der Waals surface area contributed by atoms with E-state index >= 15 is 0 Å². The summed E-state index contributed by atoms with van der Waals surface area (Å²) in [6.07, 6.45) is 0. The Morgan fingerprint density at radius 3 is 1.76 bits per heavy atom. The molecule has 2 nitrogen and oxygen atoms in total. The summed E-state index contributed by atoms with van der Waals surface area (Å²) < 4.78 is 6.27. The molecule has 9 aromatic rings. The summed E-state index contributed by atoms with van der Waals surface area (Å²) >= 11 is 0. The van der Waals surface area contributed by atoms with Crippen molar-refractivity contribution in [2.75, 3.05) is 4.90 Å². The summed E-state index contributed by atoms with van der Waals surface area (Å²) in [7, 11) is 0. The Bertz CT molecular complexity index is 2530. The monoisotopic (exact) mass is 587 g/mol. The van der Waals surface area contributed by atoms with Crippen molar-refractivity contribution in [3.8, 4) is 22.3 Å². The first-order chi connectivity index (χ1) is 22.8. The van der Waals surface area contributed by atoms with Gasteiger partial charge in [0.2, 0.25) is 0 Å². The van der Waals surface area contributed by atoms with Crippen LogP contribution in [0.5, 0.6) is 0 Å². The summed E-state index contributed by atoms with van der Waals surface area (Å²) in [5, 5.41) is 7.14. The van der Waals surface area contributed by atoms with Crippen LogP contribution in [-0.4, -0.2) is 0 Å². The zero-order chi connectivity index (χ0) is 30.5. The molecule has 0 unspecified atom stereocenters. The third-order valence-corrected chi connectivity index (χ3v) is 9.02. The second kappa shape index (κ2) is 10.8. The van der Waals surface area contributed by atoms with E-state index in [1.807, 2.05) is 0 Å². The molecule has 8 aromatic carbocycles. The molecule has 2 heteroatoms. The Kier molecular flexibility index (Phi) is 6.17. The first-order valence-corrected chi connectivity index (χ1v) is 15.7. The molecule has 0 radical (unpaired) electrons. The van der Waals surface area contributed by atoms with Crippen LogP contribution < -0.4 is 4.90 Å². The highest BCUT2D eigenvalue weighted by molar-refractivity contribution is 6.11. The number of nitrogens with zero attached hydrogens (tertiary/aromatic N) is 1. The number of furan rings is 1. The van der Waals surface area contributed by atoms with E-state index in [2.05, 4.69) is 181 Å². The molecule has 1 aromatic heterocycles. The minimum Gasteiger partial charge on any atom is -0.456 e. The van der Waals surface area contributed by atoms with Crippen LogP contribution in [0.4, 0.5) is 17.1 Å². The maximum atomic E-state index is 6.27. The Morgan fingerprint density at radius 1 is 0.348 bits per heavy atom. The summed E-state index contributed by atoms with van der Waals surface area (Å²) in [4.78, 5) is 2.37. The number of anilines is 3. The van der Waals surface area contributed by atoms with Crippen LogP contribution in [0.15, 0.2) is 180 Å². The van der Waals surface area contributed by atoms with Crippen LogP contribution in [0, 0.1) is 0 Å². The standard InChI is InChI=1S/C44H29NO/c1-2-11-32(12-3-1)39-16-8-9-17-42(39)45(38-24-20-30-10-4-5-13-33(30)26-38)37-22-18-31(19-23-37)36-21-25-43-40(28-36)41-27-34-14-6-7-15-35(34)29-44(41)46-43/h1-29H. The average Bonchev–Trinajstić information content (AvgIpc) is 3.48. The smallest absolute Gasteiger partial charge is 0.136 e. The normalized spacial score (nSPS) is 11.5. The van der Waals surface area contributed by atoms with E-state index in [0.717, 1.165) is 50.1 Å². The molecule has 0 fully saturated rings. The van der Waals surface area contributed by atoms with Crippen molar-refractivity contribution in [3.63, 3.8) is 0 Å². The highest BCUT2D eigenvalue weighted by Gasteiger charge is 2.18. The van der Waals surface area contributed by atoms with Gasteiger partial charge in [0.25, 0.3) is 0 Å². The summed E-state index contributed by atoms with van der Waals surface area (Å²) in [6, 6.07) is 62.8. The molecule has 1 heterocycles. The topological polar surface area (TPSA) is 16.4 Å². The highest BCUT2D eigenvalue weighted by atomic mass is 16.3. The van der Waals surface area contributed by atoms with E-state index in [1.165, 1.54) is 32.7 Å². The van der Waals surface area contributed by atoms with Gasteiger partial charge in [-0.1, -0.05) is 121 Å². The van der Waals surface area contributed by atoms with Crippen molar-refractivity contribution in [3.05, 3.63) is 176 Å². The Balaban J connectivity index is 1.17. The molecule has 0 spiro atoms. The fraction of sp³-hybridized carbons (Fsp3) is 0. The van der Waals surface area contributed by atoms with Crippen molar-refractivity contribution >= 4 is 60.5 Å². The maximum absolute atomic E-state index is 6.27. The molecule has 0 saturated carbocycles. The second-order valence-electron chi connectivity index (χ2n) is 11.8. The molecule has 9 rings (SSSR count). The summed E-state index contributed by atoms with van der Waals surface area (Å²) in [5.41, 5.74) is 9.88.